The number of aryl methyl sites for hydroxylation is 1. The molecule has 1 aromatic rings. The van der Waals surface area contributed by atoms with Gasteiger partial charge >= 0.3 is 0 Å². The molecular weight excluding hydrogens is 180 g/mol. The van der Waals surface area contributed by atoms with E-state index in [1.165, 1.54) is 5.56 Å². The van der Waals surface area contributed by atoms with Crippen molar-refractivity contribution in [3.05, 3.63) is 17.0 Å². The first-order valence-electron chi connectivity index (χ1n) is 4.94. The number of carbonyl (C=O) groups excluding carboxylic acids is 1. The van der Waals surface area contributed by atoms with Crippen molar-refractivity contribution in [3.63, 3.8) is 0 Å². The van der Waals surface area contributed by atoms with Gasteiger partial charge in [0.2, 0.25) is 5.91 Å². The second kappa shape index (κ2) is 3.44. The first-order chi connectivity index (χ1) is 6.72. The highest BCUT2D eigenvalue weighted by atomic mass is 16.5. The molecule has 0 saturated heterocycles. The number of carbonyl (C=O) groups is 1. The van der Waals surface area contributed by atoms with Crippen molar-refractivity contribution < 1.29 is 9.32 Å². The Morgan fingerprint density at radius 1 is 1.64 bits per heavy atom. The molecule has 4 heteroatoms. The minimum absolute atomic E-state index is 0.185. The van der Waals surface area contributed by atoms with Gasteiger partial charge in [-0.05, 0) is 13.3 Å². The second-order valence-corrected chi connectivity index (χ2v) is 3.59. The SMILES string of the molecule is CCC(=O)N1CCc2c(C)noc2C1. The minimum Gasteiger partial charge on any atom is -0.359 e. The molecule has 0 saturated carbocycles. The molecule has 0 spiro atoms. The minimum atomic E-state index is 0.185. The van der Waals surface area contributed by atoms with Gasteiger partial charge < -0.3 is 9.42 Å². The van der Waals surface area contributed by atoms with E-state index in [1.54, 1.807) is 0 Å². The maximum atomic E-state index is 11.4. The largest absolute Gasteiger partial charge is 0.359 e. The lowest BCUT2D eigenvalue weighted by atomic mass is 10.1. The van der Waals surface area contributed by atoms with Gasteiger partial charge in [0.15, 0.2) is 5.76 Å². The smallest absolute Gasteiger partial charge is 0.222 e. The molecule has 0 bridgehead atoms. The lowest BCUT2D eigenvalue weighted by Crippen LogP contribution is -2.35. The Morgan fingerprint density at radius 2 is 2.43 bits per heavy atom. The molecule has 0 fully saturated rings. The van der Waals surface area contributed by atoms with Crippen LogP contribution >= 0.6 is 0 Å². The molecule has 76 valence electrons. The number of hydrogen-bond donors (Lipinski definition) is 0. The standard InChI is InChI=1S/C10H14N2O2/c1-3-10(13)12-5-4-8-7(2)11-14-9(8)6-12/h3-6H2,1-2H3. The summed E-state index contributed by atoms with van der Waals surface area (Å²) in [6, 6.07) is 0. The third kappa shape index (κ3) is 1.41. The van der Waals surface area contributed by atoms with Gasteiger partial charge in [-0.2, -0.15) is 0 Å². The number of amides is 1. The quantitative estimate of drug-likeness (QED) is 0.676. The Labute approximate surface area is 82.9 Å². The van der Waals surface area contributed by atoms with Gasteiger partial charge in [-0.25, -0.2) is 0 Å². The Kier molecular flexibility index (Phi) is 2.27. The van der Waals surface area contributed by atoms with E-state index in [2.05, 4.69) is 5.16 Å². The third-order valence-corrected chi connectivity index (χ3v) is 2.69. The van der Waals surface area contributed by atoms with Crippen LogP contribution in [0.3, 0.4) is 0 Å². The van der Waals surface area contributed by atoms with Crippen LogP contribution in [0.4, 0.5) is 0 Å². The normalized spacial score (nSPS) is 15.4. The zero-order valence-electron chi connectivity index (χ0n) is 8.54. The molecule has 1 amide bonds. The lowest BCUT2D eigenvalue weighted by Gasteiger charge is -2.25. The van der Waals surface area contributed by atoms with Gasteiger partial charge in [0.25, 0.3) is 0 Å². The number of hydrogen-bond acceptors (Lipinski definition) is 3. The Balaban J connectivity index is 2.18. The molecule has 0 aliphatic carbocycles. The molecule has 2 rings (SSSR count). The van der Waals surface area contributed by atoms with Crippen molar-refractivity contribution in [1.29, 1.82) is 0 Å². The molecule has 0 atom stereocenters. The van der Waals surface area contributed by atoms with Crippen molar-refractivity contribution in [2.45, 2.75) is 33.2 Å². The van der Waals surface area contributed by atoms with E-state index < -0.39 is 0 Å². The summed E-state index contributed by atoms with van der Waals surface area (Å²) in [6.45, 7) is 5.20. The van der Waals surface area contributed by atoms with E-state index in [1.807, 2.05) is 18.7 Å². The molecule has 1 aromatic heterocycles. The van der Waals surface area contributed by atoms with Gasteiger partial charge in [-0.1, -0.05) is 12.1 Å². The zero-order valence-corrected chi connectivity index (χ0v) is 8.54. The van der Waals surface area contributed by atoms with Gasteiger partial charge in [0.05, 0.1) is 12.2 Å². The molecule has 1 aliphatic heterocycles. The summed E-state index contributed by atoms with van der Waals surface area (Å²) >= 11 is 0. The fourth-order valence-electron chi connectivity index (χ4n) is 1.82. The molecule has 0 unspecified atom stereocenters. The molecule has 14 heavy (non-hydrogen) atoms. The van der Waals surface area contributed by atoms with Crippen molar-refractivity contribution in [1.82, 2.24) is 10.1 Å². The molecule has 0 aromatic carbocycles. The second-order valence-electron chi connectivity index (χ2n) is 3.59. The Hall–Kier alpha value is -1.32. The van der Waals surface area contributed by atoms with Gasteiger partial charge in [0, 0.05) is 18.5 Å². The van der Waals surface area contributed by atoms with E-state index in [0.717, 1.165) is 24.4 Å². The van der Waals surface area contributed by atoms with Crippen LogP contribution in [0.25, 0.3) is 0 Å². The first kappa shape index (κ1) is 9.24. The van der Waals surface area contributed by atoms with E-state index in [-0.39, 0.29) is 5.91 Å². The maximum absolute atomic E-state index is 11.4. The highest BCUT2D eigenvalue weighted by Gasteiger charge is 2.24. The van der Waals surface area contributed by atoms with Crippen LogP contribution in [0.5, 0.6) is 0 Å². The molecule has 0 radical (unpaired) electrons. The highest BCUT2D eigenvalue weighted by molar-refractivity contribution is 5.76. The van der Waals surface area contributed by atoms with E-state index in [9.17, 15) is 4.79 Å². The zero-order chi connectivity index (χ0) is 10.1. The van der Waals surface area contributed by atoms with Gasteiger partial charge in [-0.15, -0.1) is 0 Å². The van der Waals surface area contributed by atoms with E-state index >= 15 is 0 Å². The van der Waals surface area contributed by atoms with Crippen LogP contribution in [-0.4, -0.2) is 22.5 Å². The van der Waals surface area contributed by atoms with Gasteiger partial charge in [-0.3, -0.25) is 4.79 Å². The fraction of sp³-hybridized carbons (Fsp3) is 0.600. The van der Waals surface area contributed by atoms with Crippen LogP contribution in [0, 0.1) is 6.92 Å². The summed E-state index contributed by atoms with van der Waals surface area (Å²) in [4.78, 5) is 13.3. The van der Waals surface area contributed by atoms with Crippen LogP contribution in [0.1, 0.15) is 30.4 Å². The molecule has 2 heterocycles. The molecule has 0 N–H and O–H groups in total. The highest BCUT2D eigenvalue weighted by Crippen LogP contribution is 2.21. The van der Waals surface area contributed by atoms with Crippen LogP contribution < -0.4 is 0 Å². The Bertz CT molecular complexity index is 357. The van der Waals surface area contributed by atoms with Crippen LogP contribution in [0.2, 0.25) is 0 Å². The lowest BCUT2D eigenvalue weighted by molar-refractivity contribution is -0.132. The number of aromatic nitrogens is 1. The van der Waals surface area contributed by atoms with Crippen LogP contribution in [-0.2, 0) is 17.8 Å². The Morgan fingerprint density at radius 3 is 3.14 bits per heavy atom. The third-order valence-electron chi connectivity index (χ3n) is 2.69. The van der Waals surface area contributed by atoms with Crippen molar-refractivity contribution in [3.8, 4) is 0 Å². The summed E-state index contributed by atoms with van der Waals surface area (Å²) in [6.07, 6.45) is 1.43. The van der Waals surface area contributed by atoms with Crippen molar-refractivity contribution in [2.24, 2.45) is 0 Å². The summed E-state index contributed by atoms with van der Waals surface area (Å²) in [5, 5.41) is 3.90. The topological polar surface area (TPSA) is 46.3 Å². The average Bonchev–Trinajstić information content (AvgIpc) is 2.59. The number of fused-ring (bicyclic) bond motifs is 1. The van der Waals surface area contributed by atoms with Gasteiger partial charge in [0.1, 0.15) is 0 Å². The summed E-state index contributed by atoms with van der Waals surface area (Å²) in [5.41, 5.74) is 2.15. The summed E-state index contributed by atoms with van der Waals surface area (Å²) in [5.74, 6) is 1.04. The molecular formula is C10H14N2O2. The van der Waals surface area contributed by atoms with Crippen molar-refractivity contribution >= 4 is 5.91 Å². The predicted octanol–water partition coefficient (Wildman–Crippen LogP) is 1.28. The van der Waals surface area contributed by atoms with Crippen LogP contribution in [0.15, 0.2) is 4.52 Å². The first-order valence-corrected chi connectivity index (χ1v) is 4.94. The van der Waals surface area contributed by atoms with Crippen molar-refractivity contribution in [2.75, 3.05) is 6.54 Å². The average molecular weight is 194 g/mol. The monoisotopic (exact) mass is 194 g/mol. The fourth-order valence-corrected chi connectivity index (χ4v) is 1.82. The maximum Gasteiger partial charge on any atom is 0.222 e. The number of rotatable bonds is 1. The van der Waals surface area contributed by atoms with E-state index in [4.69, 9.17) is 4.52 Å². The summed E-state index contributed by atoms with van der Waals surface area (Å²) < 4.78 is 5.17. The van der Waals surface area contributed by atoms with E-state index in [0.29, 0.717) is 13.0 Å². The number of nitrogens with zero attached hydrogens (tertiary/aromatic N) is 2. The molecule has 1 aliphatic rings. The predicted molar refractivity (Wildman–Crippen MR) is 50.7 cm³/mol. The summed E-state index contributed by atoms with van der Waals surface area (Å²) in [7, 11) is 0. The molecule has 4 nitrogen and oxygen atoms in total.